The standard InChI is InChI=1S/C22H32N4O5S/c1-3-4-5-6-12-22(2)20(28)26(21(29)24-22)16-19(27)23-17-10-9-11-18(15-17)32(30,31)25-13-7-8-14-25/h9-11,15H,3-8,12-14,16H2,1-2H3,(H,23,27)(H,24,29). The average Bonchev–Trinajstić information content (AvgIpc) is 3.36. The van der Waals surface area contributed by atoms with E-state index < -0.39 is 40.0 Å². The minimum atomic E-state index is -3.61. The molecule has 1 aromatic carbocycles. The normalized spacial score (nSPS) is 21.8. The predicted molar refractivity (Wildman–Crippen MR) is 120 cm³/mol. The monoisotopic (exact) mass is 464 g/mol. The van der Waals surface area contributed by atoms with Crippen LogP contribution < -0.4 is 10.6 Å². The van der Waals surface area contributed by atoms with Crippen LogP contribution in [0.25, 0.3) is 0 Å². The first-order valence-corrected chi connectivity index (χ1v) is 12.7. The number of rotatable bonds is 10. The molecule has 1 atom stereocenters. The quantitative estimate of drug-likeness (QED) is 0.408. The van der Waals surface area contributed by atoms with E-state index in [4.69, 9.17) is 0 Å². The molecular formula is C22H32N4O5S. The molecule has 176 valence electrons. The van der Waals surface area contributed by atoms with E-state index >= 15 is 0 Å². The fourth-order valence-corrected chi connectivity index (χ4v) is 5.68. The third kappa shape index (κ3) is 5.29. The fraction of sp³-hybridized carbons (Fsp3) is 0.591. The van der Waals surface area contributed by atoms with E-state index in [0.29, 0.717) is 25.2 Å². The number of hydrogen-bond donors (Lipinski definition) is 2. The van der Waals surface area contributed by atoms with Crippen molar-refractivity contribution in [3.8, 4) is 0 Å². The summed E-state index contributed by atoms with van der Waals surface area (Å²) >= 11 is 0. The molecule has 2 N–H and O–H groups in total. The summed E-state index contributed by atoms with van der Waals surface area (Å²) in [7, 11) is -3.61. The number of imide groups is 1. The Balaban J connectivity index is 1.62. The lowest BCUT2D eigenvalue weighted by Crippen LogP contribution is -2.44. The third-order valence-corrected chi connectivity index (χ3v) is 7.89. The smallest absolute Gasteiger partial charge is 0.324 e. The van der Waals surface area contributed by atoms with Crippen LogP contribution in [0, 0.1) is 0 Å². The third-order valence-electron chi connectivity index (χ3n) is 6.00. The Morgan fingerprint density at radius 2 is 1.88 bits per heavy atom. The molecule has 9 nitrogen and oxygen atoms in total. The first-order chi connectivity index (χ1) is 15.2. The lowest BCUT2D eigenvalue weighted by Gasteiger charge is -2.21. The lowest BCUT2D eigenvalue weighted by atomic mass is 9.94. The number of benzene rings is 1. The molecule has 3 rings (SSSR count). The number of carbonyl (C=O) groups is 3. The number of sulfonamides is 1. The van der Waals surface area contributed by atoms with Gasteiger partial charge in [-0.05, 0) is 44.4 Å². The first-order valence-electron chi connectivity index (χ1n) is 11.2. The molecule has 2 aliphatic heterocycles. The summed E-state index contributed by atoms with van der Waals surface area (Å²) in [5, 5.41) is 5.31. The summed E-state index contributed by atoms with van der Waals surface area (Å²) in [4.78, 5) is 38.7. The Kier molecular flexibility index (Phi) is 7.55. The molecule has 0 spiro atoms. The molecule has 1 aromatic rings. The highest BCUT2D eigenvalue weighted by atomic mass is 32.2. The summed E-state index contributed by atoms with van der Waals surface area (Å²) in [6.45, 7) is 4.33. The number of urea groups is 1. The molecule has 0 aromatic heterocycles. The number of anilines is 1. The molecule has 32 heavy (non-hydrogen) atoms. The molecule has 2 aliphatic rings. The Morgan fingerprint density at radius 1 is 1.16 bits per heavy atom. The fourth-order valence-electron chi connectivity index (χ4n) is 4.12. The van der Waals surface area contributed by atoms with Crippen molar-refractivity contribution >= 4 is 33.6 Å². The van der Waals surface area contributed by atoms with Gasteiger partial charge in [-0.1, -0.05) is 38.7 Å². The van der Waals surface area contributed by atoms with Crippen LogP contribution in [0.5, 0.6) is 0 Å². The van der Waals surface area contributed by atoms with Crippen LogP contribution in [0.2, 0.25) is 0 Å². The molecule has 2 heterocycles. The largest absolute Gasteiger partial charge is 0.325 e. The molecule has 0 aliphatic carbocycles. The molecule has 2 saturated heterocycles. The molecule has 0 radical (unpaired) electrons. The second-order valence-electron chi connectivity index (χ2n) is 8.65. The Morgan fingerprint density at radius 3 is 2.56 bits per heavy atom. The molecule has 4 amide bonds. The van der Waals surface area contributed by atoms with Crippen LogP contribution in [0.1, 0.15) is 58.8 Å². The van der Waals surface area contributed by atoms with E-state index in [1.54, 1.807) is 19.1 Å². The number of hydrogen-bond acceptors (Lipinski definition) is 5. The van der Waals surface area contributed by atoms with Crippen molar-refractivity contribution < 1.29 is 22.8 Å². The zero-order valence-electron chi connectivity index (χ0n) is 18.7. The minimum absolute atomic E-state index is 0.104. The zero-order chi connectivity index (χ0) is 23.4. The Hall–Kier alpha value is -2.46. The van der Waals surface area contributed by atoms with Gasteiger partial charge in [-0.15, -0.1) is 0 Å². The van der Waals surface area contributed by atoms with Gasteiger partial charge in [0.15, 0.2) is 0 Å². The van der Waals surface area contributed by atoms with Crippen LogP contribution >= 0.6 is 0 Å². The van der Waals surface area contributed by atoms with Gasteiger partial charge in [-0.3, -0.25) is 14.5 Å². The van der Waals surface area contributed by atoms with E-state index in [2.05, 4.69) is 17.6 Å². The van der Waals surface area contributed by atoms with Gasteiger partial charge in [0.1, 0.15) is 12.1 Å². The van der Waals surface area contributed by atoms with Gasteiger partial charge in [0, 0.05) is 18.8 Å². The van der Waals surface area contributed by atoms with Crippen molar-refractivity contribution in [3.05, 3.63) is 24.3 Å². The van der Waals surface area contributed by atoms with E-state index in [0.717, 1.165) is 43.4 Å². The average molecular weight is 465 g/mol. The molecule has 0 bridgehead atoms. The Labute approximate surface area is 189 Å². The summed E-state index contributed by atoms with van der Waals surface area (Å²) < 4.78 is 26.9. The van der Waals surface area contributed by atoms with Crippen molar-refractivity contribution in [2.24, 2.45) is 0 Å². The van der Waals surface area contributed by atoms with Gasteiger partial charge in [-0.2, -0.15) is 4.31 Å². The number of amides is 4. The Bertz CT molecular complexity index is 974. The zero-order valence-corrected chi connectivity index (χ0v) is 19.5. The first kappa shape index (κ1) is 24.2. The van der Waals surface area contributed by atoms with E-state index in [-0.39, 0.29) is 4.90 Å². The van der Waals surface area contributed by atoms with E-state index in [1.165, 1.54) is 16.4 Å². The minimum Gasteiger partial charge on any atom is -0.324 e. The highest BCUT2D eigenvalue weighted by Crippen LogP contribution is 2.25. The van der Waals surface area contributed by atoms with Crippen molar-refractivity contribution in [1.29, 1.82) is 0 Å². The molecule has 10 heteroatoms. The van der Waals surface area contributed by atoms with Gasteiger partial charge >= 0.3 is 6.03 Å². The van der Waals surface area contributed by atoms with Crippen LogP contribution in [0.3, 0.4) is 0 Å². The van der Waals surface area contributed by atoms with Gasteiger partial charge < -0.3 is 10.6 Å². The SMILES string of the molecule is CCCCCCC1(C)NC(=O)N(CC(=O)Nc2cccc(S(=O)(=O)N3CCCC3)c2)C1=O. The van der Waals surface area contributed by atoms with Crippen molar-refractivity contribution in [3.63, 3.8) is 0 Å². The van der Waals surface area contributed by atoms with Crippen LogP contribution in [0.15, 0.2) is 29.2 Å². The van der Waals surface area contributed by atoms with Crippen LogP contribution in [-0.4, -0.2) is 60.6 Å². The summed E-state index contributed by atoms with van der Waals surface area (Å²) in [5.41, 5.74) is -0.709. The maximum Gasteiger partial charge on any atom is 0.325 e. The van der Waals surface area contributed by atoms with Crippen molar-refractivity contribution in [2.75, 3.05) is 25.0 Å². The van der Waals surface area contributed by atoms with Crippen LogP contribution in [0.4, 0.5) is 10.5 Å². The van der Waals surface area contributed by atoms with Gasteiger partial charge in [0.2, 0.25) is 15.9 Å². The van der Waals surface area contributed by atoms with Gasteiger partial charge in [0.25, 0.3) is 5.91 Å². The van der Waals surface area contributed by atoms with Crippen LogP contribution in [-0.2, 0) is 19.6 Å². The second-order valence-corrected chi connectivity index (χ2v) is 10.6. The molecular weight excluding hydrogens is 432 g/mol. The highest BCUT2D eigenvalue weighted by molar-refractivity contribution is 7.89. The van der Waals surface area contributed by atoms with Crippen molar-refractivity contribution in [2.45, 2.75) is 69.2 Å². The van der Waals surface area contributed by atoms with Gasteiger partial charge in [0.05, 0.1) is 4.90 Å². The number of nitrogens with one attached hydrogen (secondary N) is 2. The summed E-state index contributed by atoms with van der Waals surface area (Å²) in [6.07, 6.45) is 6.12. The molecule has 1 unspecified atom stereocenters. The number of unbranched alkanes of at least 4 members (excludes halogenated alkanes) is 3. The molecule has 0 saturated carbocycles. The summed E-state index contributed by atoms with van der Waals surface area (Å²) in [5.74, 6) is -0.987. The molecule has 2 fully saturated rings. The number of carbonyl (C=O) groups excluding carboxylic acids is 3. The predicted octanol–water partition coefficient (Wildman–Crippen LogP) is 2.69. The highest BCUT2D eigenvalue weighted by Gasteiger charge is 2.47. The maximum atomic E-state index is 12.8. The second kappa shape index (κ2) is 9.99. The topological polar surface area (TPSA) is 116 Å². The van der Waals surface area contributed by atoms with Crippen molar-refractivity contribution in [1.82, 2.24) is 14.5 Å². The van der Waals surface area contributed by atoms with E-state index in [9.17, 15) is 22.8 Å². The van der Waals surface area contributed by atoms with E-state index in [1.807, 2.05) is 0 Å². The number of nitrogens with zero attached hydrogens (tertiary/aromatic N) is 2. The lowest BCUT2D eigenvalue weighted by molar-refractivity contribution is -0.133. The summed E-state index contributed by atoms with van der Waals surface area (Å²) in [6, 6.07) is 5.43. The van der Waals surface area contributed by atoms with Gasteiger partial charge in [-0.25, -0.2) is 13.2 Å². The maximum absolute atomic E-state index is 12.8.